The molecule has 2 aromatic rings. The summed E-state index contributed by atoms with van der Waals surface area (Å²) in [5, 5.41) is 20.5. The minimum absolute atomic E-state index is 0.114. The van der Waals surface area contributed by atoms with Crippen molar-refractivity contribution in [3.05, 3.63) is 71.8 Å². The first-order valence-corrected chi connectivity index (χ1v) is 10.3. The van der Waals surface area contributed by atoms with Gasteiger partial charge in [0, 0.05) is 11.8 Å². The van der Waals surface area contributed by atoms with Crippen molar-refractivity contribution in [3.8, 4) is 0 Å². The quantitative estimate of drug-likeness (QED) is 0.511. The Labute approximate surface area is 176 Å². The predicted octanol–water partition coefficient (Wildman–Crippen LogP) is 3.00. The standard InChI is InChI=1S/C24H28O6/c25-21(15-17-7-3-1-4-8-17)29-23(27)19-11-13-20(14-12-19)24(28)30-22(26)16-18-9-5-2-6-10-18/h1-10,19-20,23-24,27-28H,11-16H2/t19-,20-,23?,24?. The van der Waals surface area contributed by atoms with Gasteiger partial charge in [-0.15, -0.1) is 0 Å². The van der Waals surface area contributed by atoms with Crippen LogP contribution in [0.25, 0.3) is 0 Å². The van der Waals surface area contributed by atoms with E-state index in [0.717, 1.165) is 11.1 Å². The summed E-state index contributed by atoms with van der Waals surface area (Å²) < 4.78 is 10.4. The van der Waals surface area contributed by atoms with Crippen LogP contribution >= 0.6 is 0 Å². The van der Waals surface area contributed by atoms with Gasteiger partial charge in [-0.3, -0.25) is 9.59 Å². The van der Waals surface area contributed by atoms with Gasteiger partial charge in [0.1, 0.15) is 0 Å². The van der Waals surface area contributed by atoms with Gasteiger partial charge in [0.2, 0.25) is 12.6 Å². The van der Waals surface area contributed by atoms with E-state index in [4.69, 9.17) is 9.47 Å². The van der Waals surface area contributed by atoms with Crippen LogP contribution in [-0.4, -0.2) is 34.7 Å². The summed E-state index contributed by atoms with van der Waals surface area (Å²) in [6.45, 7) is 0. The zero-order chi connectivity index (χ0) is 21.3. The lowest BCUT2D eigenvalue weighted by Gasteiger charge is -2.32. The number of ether oxygens (including phenoxy) is 2. The number of esters is 2. The number of benzene rings is 2. The molecule has 1 aliphatic carbocycles. The van der Waals surface area contributed by atoms with Gasteiger partial charge in [0.15, 0.2) is 0 Å². The predicted molar refractivity (Wildman–Crippen MR) is 110 cm³/mol. The lowest BCUT2D eigenvalue weighted by atomic mass is 9.81. The van der Waals surface area contributed by atoms with E-state index in [2.05, 4.69) is 0 Å². The second kappa shape index (κ2) is 10.9. The molecule has 0 radical (unpaired) electrons. The van der Waals surface area contributed by atoms with Crippen molar-refractivity contribution >= 4 is 11.9 Å². The van der Waals surface area contributed by atoms with E-state index in [-0.39, 0.29) is 24.7 Å². The normalized spacial score (nSPS) is 20.7. The molecule has 0 aliphatic heterocycles. The summed E-state index contributed by atoms with van der Waals surface area (Å²) in [6.07, 6.45) is 0.220. The summed E-state index contributed by atoms with van der Waals surface area (Å²) in [7, 11) is 0. The number of rotatable bonds is 8. The molecule has 2 aromatic carbocycles. The SMILES string of the molecule is O=C(Cc1ccccc1)OC(O)[C@H]1CC[C@H](C(O)OC(=O)Cc2ccccc2)CC1. The Kier molecular flexibility index (Phi) is 7.99. The summed E-state index contributed by atoms with van der Waals surface area (Å²) in [4.78, 5) is 24.1. The smallest absolute Gasteiger partial charge is 0.312 e. The molecular weight excluding hydrogens is 384 g/mol. The van der Waals surface area contributed by atoms with E-state index in [9.17, 15) is 19.8 Å². The van der Waals surface area contributed by atoms with Crippen LogP contribution in [0.3, 0.4) is 0 Å². The topological polar surface area (TPSA) is 93.1 Å². The molecule has 1 saturated carbocycles. The van der Waals surface area contributed by atoms with E-state index in [1.807, 2.05) is 60.7 Å². The first-order chi connectivity index (χ1) is 14.5. The highest BCUT2D eigenvalue weighted by atomic mass is 16.6. The largest absolute Gasteiger partial charge is 0.435 e. The molecule has 0 amide bonds. The van der Waals surface area contributed by atoms with Crippen LogP contribution in [0, 0.1) is 11.8 Å². The first-order valence-electron chi connectivity index (χ1n) is 10.3. The Balaban J connectivity index is 1.39. The van der Waals surface area contributed by atoms with Crippen molar-refractivity contribution in [1.82, 2.24) is 0 Å². The number of hydrogen-bond acceptors (Lipinski definition) is 6. The van der Waals surface area contributed by atoms with Gasteiger partial charge in [-0.2, -0.15) is 0 Å². The highest BCUT2D eigenvalue weighted by molar-refractivity contribution is 5.73. The Morgan fingerprint density at radius 3 is 1.37 bits per heavy atom. The van der Waals surface area contributed by atoms with Gasteiger partial charge in [-0.25, -0.2) is 0 Å². The molecule has 3 rings (SSSR count). The van der Waals surface area contributed by atoms with Crippen LogP contribution in [0.4, 0.5) is 0 Å². The molecule has 30 heavy (non-hydrogen) atoms. The average molecular weight is 412 g/mol. The van der Waals surface area contributed by atoms with Crippen LogP contribution in [0.2, 0.25) is 0 Å². The molecular formula is C24H28O6. The molecule has 2 N–H and O–H groups in total. The minimum Gasteiger partial charge on any atom is -0.435 e. The van der Waals surface area contributed by atoms with Crippen molar-refractivity contribution in [3.63, 3.8) is 0 Å². The third-order valence-corrected chi connectivity index (χ3v) is 5.51. The molecule has 0 aromatic heterocycles. The fraction of sp³-hybridized carbons (Fsp3) is 0.417. The maximum Gasteiger partial charge on any atom is 0.312 e. The van der Waals surface area contributed by atoms with E-state index in [0.29, 0.717) is 25.7 Å². The fourth-order valence-electron chi connectivity index (χ4n) is 3.79. The highest BCUT2D eigenvalue weighted by Crippen LogP contribution is 2.33. The lowest BCUT2D eigenvalue weighted by molar-refractivity contribution is -0.189. The van der Waals surface area contributed by atoms with Crippen LogP contribution in [0.15, 0.2) is 60.7 Å². The second-order valence-corrected chi connectivity index (χ2v) is 7.76. The van der Waals surface area contributed by atoms with Crippen LogP contribution in [-0.2, 0) is 31.9 Å². The summed E-state index contributed by atoms with van der Waals surface area (Å²) in [5.41, 5.74) is 1.66. The summed E-state index contributed by atoms with van der Waals surface area (Å²) in [5.74, 6) is -1.31. The molecule has 160 valence electrons. The van der Waals surface area contributed by atoms with Crippen molar-refractivity contribution in [1.29, 1.82) is 0 Å². The minimum atomic E-state index is -1.17. The molecule has 0 heterocycles. The van der Waals surface area contributed by atoms with Crippen molar-refractivity contribution in [2.75, 3.05) is 0 Å². The number of aliphatic hydroxyl groups excluding tert-OH is 2. The first kappa shape index (κ1) is 22.0. The monoisotopic (exact) mass is 412 g/mol. The summed E-state index contributed by atoms with van der Waals surface area (Å²) >= 11 is 0. The molecule has 2 unspecified atom stereocenters. The molecule has 0 bridgehead atoms. The van der Waals surface area contributed by atoms with Crippen LogP contribution < -0.4 is 0 Å². The molecule has 0 saturated heterocycles. The molecule has 1 fully saturated rings. The van der Waals surface area contributed by atoms with E-state index in [1.54, 1.807) is 0 Å². The van der Waals surface area contributed by atoms with Gasteiger partial charge in [-0.05, 0) is 36.8 Å². The molecule has 1 aliphatic rings. The van der Waals surface area contributed by atoms with Gasteiger partial charge in [0.05, 0.1) is 12.8 Å². The Bertz CT molecular complexity index is 729. The molecule has 2 atom stereocenters. The van der Waals surface area contributed by atoms with Crippen molar-refractivity contribution in [2.24, 2.45) is 11.8 Å². The fourth-order valence-corrected chi connectivity index (χ4v) is 3.79. The van der Waals surface area contributed by atoms with Gasteiger partial charge in [-0.1, -0.05) is 60.7 Å². The maximum absolute atomic E-state index is 12.0. The van der Waals surface area contributed by atoms with E-state index >= 15 is 0 Å². The zero-order valence-electron chi connectivity index (χ0n) is 16.9. The van der Waals surface area contributed by atoms with Gasteiger partial charge < -0.3 is 19.7 Å². The third kappa shape index (κ3) is 6.68. The van der Waals surface area contributed by atoms with Crippen LogP contribution in [0.1, 0.15) is 36.8 Å². The number of carbonyl (C=O) groups is 2. The number of carbonyl (C=O) groups excluding carboxylic acids is 2. The van der Waals surface area contributed by atoms with Crippen LogP contribution in [0.5, 0.6) is 0 Å². The lowest BCUT2D eigenvalue weighted by Crippen LogP contribution is -2.35. The average Bonchev–Trinajstić information content (AvgIpc) is 2.75. The summed E-state index contributed by atoms with van der Waals surface area (Å²) in [6, 6.07) is 18.5. The molecule has 0 spiro atoms. The molecule has 6 nitrogen and oxygen atoms in total. The Morgan fingerprint density at radius 1 is 0.700 bits per heavy atom. The van der Waals surface area contributed by atoms with E-state index < -0.39 is 24.5 Å². The van der Waals surface area contributed by atoms with Gasteiger partial charge in [0.25, 0.3) is 0 Å². The second-order valence-electron chi connectivity index (χ2n) is 7.76. The van der Waals surface area contributed by atoms with Crippen molar-refractivity contribution < 1.29 is 29.3 Å². The number of aliphatic hydroxyl groups is 2. The van der Waals surface area contributed by atoms with Gasteiger partial charge >= 0.3 is 11.9 Å². The highest BCUT2D eigenvalue weighted by Gasteiger charge is 2.33. The Morgan fingerprint density at radius 2 is 1.03 bits per heavy atom. The van der Waals surface area contributed by atoms with E-state index in [1.165, 1.54) is 0 Å². The maximum atomic E-state index is 12.0. The molecule has 6 heteroatoms. The third-order valence-electron chi connectivity index (χ3n) is 5.51. The van der Waals surface area contributed by atoms with Crippen molar-refractivity contribution in [2.45, 2.75) is 51.1 Å². The zero-order valence-corrected chi connectivity index (χ0v) is 16.9. The number of hydrogen-bond donors (Lipinski definition) is 2. The Hall–Kier alpha value is -2.70.